The molecule has 7 heteroatoms. The van der Waals surface area contributed by atoms with Crippen molar-refractivity contribution in [1.82, 2.24) is 19.7 Å². The minimum Gasteiger partial charge on any atom is -0.382 e. The van der Waals surface area contributed by atoms with Crippen LogP contribution >= 0.6 is 0 Å². The Morgan fingerprint density at radius 1 is 1.34 bits per heavy atom. The molecule has 0 amide bonds. The molecule has 0 bridgehead atoms. The van der Waals surface area contributed by atoms with Crippen LogP contribution in [0.4, 0.5) is 0 Å². The maximum Gasteiger partial charge on any atom is 0.178 e. The molecule has 1 saturated heterocycles. The Labute approximate surface area is 170 Å². The molecule has 1 aromatic carbocycles. The van der Waals surface area contributed by atoms with Gasteiger partial charge >= 0.3 is 0 Å². The normalized spacial score (nSPS) is 17.7. The number of ether oxygens (including phenoxy) is 2. The van der Waals surface area contributed by atoms with Crippen molar-refractivity contribution in [3.63, 3.8) is 0 Å². The average Bonchev–Trinajstić information content (AvgIpc) is 3.13. The maximum atomic E-state index is 12.1. The molecule has 0 N–H and O–H groups in total. The van der Waals surface area contributed by atoms with Gasteiger partial charge in [0.05, 0.1) is 31.0 Å². The highest BCUT2D eigenvalue weighted by atomic mass is 16.5. The topological polar surface area (TPSA) is 69.5 Å². The molecule has 7 nitrogen and oxygen atoms in total. The SMILES string of the molecule is COCC1CN(Cc2ccc3c(-c4cnn(C)c4)cc(C(C)=O)nc3c2)CCO1. The van der Waals surface area contributed by atoms with E-state index >= 15 is 0 Å². The monoisotopic (exact) mass is 394 g/mol. The van der Waals surface area contributed by atoms with Crippen molar-refractivity contribution in [2.75, 3.05) is 33.4 Å². The second-order valence-corrected chi connectivity index (χ2v) is 7.55. The Balaban J connectivity index is 1.67. The van der Waals surface area contributed by atoms with Crippen molar-refractivity contribution in [2.45, 2.75) is 19.6 Å². The van der Waals surface area contributed by atoms with Gasteiger partial charge in [-0.1, -0.05) is 12.1 Å². The number of hydrogen-bond donors (Lipinski definition) is 0. The van der Waals surface area contributed by atoms with Crippen LogP contribution in [0.5, 0.6) is 0 Å². The summed E-state index contributed by atoms with van der Waals surface area (Å²) in [5, 5.41) is 5.29. The number of morpholine rings is 1. The van der Waals surface area contributed by atoms with Crippen LogP contribution in [-0.4, -0.2) is 65.0 Å². The summed E-state index contributed by atoms with van der Waals surface area (Å²) >= 11 is 0. The van der Waals surface area contributed by atoms with E-state index in [0.717, 1.165) is 41.7 Å². The third-order valence-electron chi connectivity index (χ3n) is 5.23. The molecule has 1 aliphatic rings. The number of carbonyl (C=O) groups excluding carboxylic acids is 1. The van der Waals surface area contributed by atoms with Crippen molar-refractivity contribution in [3.8, 4) is 11.1 Å². The average molecular weight is 394 g/mol. The predicted octanol–water partition coefficient (Wildman–Crippen LogP) is 2.69. The molecule has 1 fully saturated rings. The van der Waals surface area contributed by atoms with Gasteiger partial charge in [0.2, 0.25) is 0 Å². The number of nitrogens with zero attached hydrogens (tertiary/aromatic N) is 4. The lowest BCUT2D eigenvalue weighted by Crippen LogP contribution is -2.43. The van der Waals surface area contributed by atoms with Gasteiger partial charge in [-0.2, -0.15) is 5.10 Å². The molecule has 0 aliphatic carbocycles. The van der Waals surface area contributed by atoms with E-state index in [0.29, 0.717) is 18.9 Å². The zero-order chi connectivity index (χ0) is 20.4. The first kappa shape index (κ1) is 19.7. The maximum absolute atomic E-state index is 12.1. The van der Waals surface area contributed by atoms with E-state index < -0.39 is 0 Å². The highest BCUT2D eigenvalue weighted by molar-refractivity contribution is 6.01. The summed E-state index contributed by atoms with van der Waals surface area (Å²) in [6.45, 7) is 5.40. The van der Waals surface area contributed by atoms with Gasteiger partial charge in [-0.25, -0.2) is 4.98 Å². The summed E-state index contributed by atoms with van der Waals surface area (Å²) in [6.07, 6.45) is 3.88. The largest absolute Gasteiger partial charge is 0.382 e. The van der Waals surface area contributed by atoms with Gasteiger partial charge in [0, 0.05) is 57.9 Å². The lowest BCUT2D eigenvalue weighted by molar-refractivity contribution is -0.0631. The number of Topliss-reactive ketones (excluding diaryl/α,β-unsaturated/α-hetero) is 1. The Morgan fingerprint density at radius 2 is 2.21 bits per heavy atom. The molecular formula is C22H26N4O3. The van der Waals surface area contributed by atoms with E-state index in [1.54, 1.807) is 18.7 Å². The highest BCUT2D eigenvalue weighted by Crippen LogP contribution is 2.29. The fourth-order valence-electron chi connectivity index (χ4n) is 3.82. The van der Waals surface area contributed by atoms with Crippen molar-refractivity contribution < 1.29 is 14.3 Å². The number of rotatable bonds is 6. The van der Waals surface area contributed by atoms with Crippen LogP contribution in [0.2, 0.25) is 0 Å². The molecule has 3 heterocycles. The second kappa shape index (κ2) is 8.41. The Kier molecular flexibility index (Phi) is 5.71. The molecule has 1 aliphatic heterocycles. The van der Waals surface area contributed by atoms with Crippen LogP contribution in [0.3, 0.4) is 0 Å². The first-order valence-corrected chi connectivity index (χ1v) is 9.80. The summed E-state index contributed by atoms with van der Waals surface area (Å²) in [4.78, 5) is 19.1. The fourth-order valence-corrected chi connectivity index (χ4v) is 3.82. The van der Waals surface area contributed by atoms with E-state index in [9.17, 15) is 4.79 Å². The first-order valence-electron chi connectivity index (χ1n) is 9.80. The third-order valence-corrected chi connectivity index (χ3v) is 5.23. The predicted molar refractivity (Wildman–Crippen MR) is 111 cm³/mol. The number of aromatic nitrogens is 3. The number of aryl methyl sites for hydroxylation is 1. The van der Waals surface area contributed by atoms with E-state index in [2.05, 4.69) is 33.2 Å². The first-order chi connectivity index (χ1) is 14.0. The molecule has 1 unspecified atom stereocenters. The third kappa shape index (κ3) is 4.37. The lowest BCUT2D eigenvalue weighted by Gasteiger charge is -2.32. The van der Waals surface area contributed by atoms with Gasteiger partial charge in [0.1, 0.15) is 5.69 Å². The number of fused-ring (bicyclic) bond motifs is 1. The molecule has 152 valence electrons. The van der Waals surface area contributed by atoms with Crippen LogP contribution in [0, 0.1) is 0 Å². The number of pyridine rings is 1. The number of carbonyl (C=O) groups is 1. The molecule has 4 rings (SSSR count). The number of benzene rings is 1. The summed E-state index contributed by atoms with van der Waals surface area (Å²) in [5.41, 5.74) is 4.42. The van der Waals surface area contributed by atoms with E-state index in [1.165, 1.54) is 5.56 Å². The molecule has 2 aromatic heterocycles. The number of methoxy groups -OCH3 is 1. The van der Waals surface area contributed by atoms with Gasteiger partial charge < -0.3 is 9.47 Å². The van der Waals surface area contributed by atoms with Crippen LogP contribution < -0.4 is 0 Å². The number of ketones is 1. The minimum atomic E-state index is -0.0435. The van der Waals surface area contributed by atoms with Crippen LogP contribution in [0.15, 0.2) is 36.7 Å². The Morgan fingerprint density at radius 3 is 2.93 bits per heavy atom. The smallest absolute Gasteiger partial charge is 0.178 e. The van der Waals surface area contributed by atoms with Gasteiger partial charge in [-0.15, -0.1) is 0 Å². The molecule has 0 radical (unpaired) electrons. The Bertz CT molecular complexity index is 1030. The van der Waals surface area contributed by atoms with Crippen molar-refractivity contribution in [2.24, 2.45) is 7.05 Å². The standard InChI is InChI=1S/C22H26N4O3/c1-15(27)21-9-20(17-10-23-25(2)12-17)19-5-4-16(8-22(19)24-21)11-26-6-7-29-18(13-26)14-28-3/h4-5,8-10,12,18H,6-7,11,13-14H2,1-3H3. The summed E-state index contributed by atoms with van der Waals surface area (Å²) in [6, 6.07) is 8.18. The van der Waals surface area contributed by atoms with Gasteiger partial charge in [-0.3, -0.25) is 14.4 Å². The van der Waals surface area contributed by atoms with Crippen LogP contribution in [0.1, 0.15) is 23.0 Å². The number of hydrogen-bond acceptors (Lipinski definition) is 6. The minimum absolute atomic E-state index is 0.0435. The van der Waals surface area contributed by atoms with Crippen LogP contribution in [-0.2, 0) is 23.1 Å². The molecule has 1 atom stereocenters. The quantitative estimate of drug-likeness (QED) is 0.599. The van der Waals surface area contributed by atoms with Gasteiger partial charge in [0.15, 0.2) is 5.78 Å². The van der Waals surface area contributed by atoms with Crippen molar-refractivity contribution in [1.29, 1.82) is 0 Å². The van der Waals surface area contributed by atoms with Crippen LogP contribution in [0.25, 0.3) is 22.0 Å². The van der Waals surface area contributed by atoms with Crippen molar-refractivity contribution in [3.05, 3.63) is 47.9 Å². The van der Waals surface area contributed by atoms with E-state index in [4.69, 9.17) is 9.47 Å². The van der Waals surface area contributed by atoms with E-state index in [1.807, 2.05) is 25.5 Å². The Hall–Kier alpha value is -2.61. The zero-order valence-corrected chi connectivity index (χ0v) is 17.1. The summed E-state index contributed by atoms with van der Waals surface area (Å²) in [5.74, 6) is -0.0435. The molecule has 0 spiro atoms. The lowest BCUT2D eigenvalue weighted by atomic mass is 10.0. The summed E-state index contributed by atoms with van der Waals surface area (Å²) in [7, 11) is 3.58. The molecule has 29 heavy (non-hydrogen) atoms. The molecule has 3 aromatic rings. The van der Waals surface area contributed by atoms with Gasteiger partial charge in [-0.05, 0) is 23.3 Å². The molecule has 0 saturated carbocycles. The van der Waals surface area contributed by atoms with E-state index in [-0.39, 0.29) is 11.9 Å². The summed E-state index contributed by atoms with van der Waals surface area (Å²) < 4.78 is 12.7. The fraction of sp³-hybridized carbons (Fsp3) is 0.409. The van der Waals surface area contributed by atoms with Gasteiger partial charge in [0.25, 0.3) is 0 Å². The second-order valence-electron chi connectivity index (χ2n) is 7.55. The zero-order valence-electron chi connectivity index (χ0n) is 17.1. The van der Waals surface area contributed by atoms with Crippen molar-refractivity contribution >= 4 is 16.7 Å². The molecular weight excluding hydrogens is 368 g/mol. The highest BCUT2D eigenvalue weighted by Gasteiger charge is 2.21.